The number of anilines is 2. The molecule has 1 aromatic carbocycles. The van der Waals surface area contributed by atoms with Crippen LogP contribution in [0.15, 0.2) is 18.3 Å². The first kappa shape index (κ1) is 14.2. The average Bonchev–Trinajstić information content (AvgIpc) is 3.23. The first-order chi connectivity index (χ1) is 11.3. The fourth-order valence-corrected chi connectivity index (χ4v) is 3.72. The van der Waals surface area contributed by atoms with Crippen LogP contribution in [0.1, 0.15) is 45.6 Å². The third kappa shape index (κ3) is 2.46. The van der Waals surface area contributed by atoms with Crippen molar-refractivity contribution in [2.75, 3.05) is 12.4 Å². The first-order valence-electron chi connectivity index (χ1n) is 8.11. The van der Waals surface area contributed by atoms with Crippen molar-refractivity contribution in [1.82, 2.24) is 9.97 Å². The van der Waals surface area contributed by atoms with E-state index < -0.39 is 5.97 Å². The lowest BCUT2D eigenvalue weighted by Crippen LogP contribution is -2.09. The summed E-state index contributed by atoms with van der Waals surface area (Å²) >= 11 is 0. The Morgan fingerprint density at radius 1 is 1.13 bits per heavy atom. The zero-order valence-corrected chi connectivity index (χ0v) is 13.2. The largest absolute Gasteiger partial charge is 0.464 e. The molecule has 5 nitrogen and oxygen atoms in total. The quantitative estimate of drug-likeness (QED) is 0.883. The molecule has 0 saturated carbocycles. The summed E-state index contributed by atoms with van der Waals surface area (Å²) in [7, 11) is 1.36. The second-order valence-corrected chi connectivity index (χ2v) is 6.12. The maximum Gasteiger partial charge on any atom is 0.356 e. The number of rotatable bonds is 3. The minimum absolute atomic E-state index is 0.272. The number of esters is 1. The SMILES string of the molecule is COC(=O)c1ccnc(Nc2c3c(cc4c2CCC4)CCC3)n1. The van der Waals surface area contributed by atoms with Gasteiger partial charge < -0.3 is 10.1 Å². The lowest BCUT2D eigenvalue weighted by atomic mass is 9.99. The molecule has 0 saturated heterocycles. The molecule has 118 valence electrons. The van der Waals surface area contributed by atoms with Crippen molar-refractivity contribution in [2.24, 2.45) is 0 Å². The van der Waals surface area contributed by atoms with Crippen LogP contribution in [0.4, 0.5) is 11.6 Å². The van der Waals surface area contributed by atoms with Gasteiger partial charge in [0, 0.05) is 11.9 Å². The van der Waals surface area contributed by atoms with Crippen LogP contribution in [-0.4, -0.2) is 23.0 Å². The molecular weight excluding hydrogens is 290 g/mol. The normalized spacial score (nSPS) is 15.2. The molecule has 1 N–H and O–H groups in total. The van der Waals surface area contributed by atoms with Gasteiger partial charge in [0.1, 0.15) is 0 Å². The highest BCUT2D eigenvalue weighted by Crippen LogP contribution is 2.39. The molecule has 0 bridgehead atoms. The number of methoxy groups -OCH3 is 1. The van der Waals surface area contributed by atoms with Gasteiger partial charge in [-0.25, -0.2) is 14.8 Å². The monoisotopic (exact) mass is 309 g/mol. The van der Waals surface area contributed by atoms with Gasteiger partial charge in [0.25, 0.3) is 0 Å². The van der Waals surface area contributed by atoms with E-state index in [4.69, 9.17) is 4.74 Å². The number of hydrogen-bond acceptors (Lipinski definition) is 5. The molecule has 0 radical (unpaired) electrons. The summed E-state index contributed by atoms with van der Waals surface area (Å²) in [6.07, 6.45) is 8.50. The zero-order chi connectivity index (χ0) is 15.8. The molecule has 2 aliphatic carbocycles. The lowest BCUT2D eigenvalue weighted by molar-refractivity contribution is 0.0594. The number of nitrogens with one attached hydrogen (secondary N) is 1. The third-order valence-corrected chi connectivity index (χ3v) is 4.76. The Kier molecular flexibility index (Phi) is 3.48. The van der Waals surface area contributed by atoms with Crippen molar-refractivity contribution in [3.63, 3.8) is 0 Å². The van der Waals surface area contributed by atoms with Crippen molar-refractivity contribution in [3.05, 3.63) is 46.3 Å². The molecule has 23 heavy (non-hydrogen) atoms. The Hall–Kier alpha value is -2.43. The van der Waals surface area contributed by atoms with Gasteiger partial charge in [0.2, 0.25) is 5.95 Å². The molecule has 1 heterocycles. The van der Waals surface area contributed by atoms with Crippen LogP contribution >= 0.6 is 0 Å². The maximum atomic E-state index is 11.7. The van der Waals surface area contributed by atoms with Gasteiger partial charge in [-0.05, 0) is 66.8 Å². The van der Waals surface area contributed by atoms with Gasteiger partial charge in [-0.3, -0.25) is 0 Å². The Labute approximate surface area is 135 Å². The van der Waals surface area contributed by atoms with Crippen molar-refractivity contribution in [3.8, 4) is 0 Å². The molecule has 0 aliphatic heterocycles. The first-order valence-corrected chi connectivity index (χ1v) is 8.11. The average molecular weight is 309 g/mol. The molecule has 0 atom stereocenters. The maximum absolute atomic E-state index is 11.7. The fraction of sp³-hybridized carbons (Fsp3) is 0.389. The van der Waals surface area contributed by atoms with Crippen LogP contribution in [0.3, 0.4) is 0 Å². The van der Waals surface area contributed by atoms with Crippen LogP contribution in [0, 0.1) is 0 Å². The minimum Gasteiger partial charge on any atom is -0.464 e. The standard InChI is InChI=1S/C18H19N3O2/c1-23-17(22)15-8-9-19-18(20-15)21-16-13-6-2-4-11(13)10-12-5-3-7-14(12)16/h8-10H,2-7H2,1H3,(H,19,20,21). The summed E-state index contributed by atoms with van der Waals surface area (Å²) in [6, 6.07) is 3.96. The number of benzene rings is 1. The van der Waals surface area contributed by atoms with Crippen LogP contribution in [-0.2, 0) is 30.4 Å². The second-order valence-electron chi connectivity index (χ2n) is 6.12. The van der Waals surface area contributed by atoms with Crippen molar-refractivity contribution < 1.29 is 9.53 Å². The highest BCUT2D eigenvalue weighted by molar-refractivity contribution is 5.87. The zero-order valence-electron chi connectivity index (χ0n) is 13.2. The topological polar surface area (TPSA) is 64.1 Å². The lowest BCUT2D eigenvalue weighted by Gasteiger charge is -2.16. The number of hydrogen-bond donors (Lipinski definition) is 1. The molecule has 0 amide bonds. The highest BCUT2D eigenvalue weighted by atomic mass is 16.5. The number of nitrogens with zero attached hydrogens (tertiary/aromatic N) is 2. The van der Waals surface area contributed by atoms with Crippen LogP contribution in [0.5, 0.6) is 0 Å². The molecule has 2 aliphatic rings. The predicted molar refractivity (Wildman–Crippen MR) is 87.1 cm³/mol. The molecule has 1 aromatic heterocycles. The van der Waals surface area contributed by atoms with E-state index in [2.05, 4.69) is 21.4 Å². The second kappa shape index (κ2) is 5.65. The number of carbonyl (C=O) groups excluding carboxylic acids is 1. The smallest absolute Gasteiger partial charge is 0.356 e. The molecule has 0 fully saturated rings. The van der Waals surface area contributed by atoms with E-state index in [1.54, 1.807) is 12.3 Å². The van der Waals surface area contributed by atoms with Gasteiger partial charge in [-0.15, -0.1) is 0 Å². The summed E-state index contributed by atoms with van der Waals surface area (Å²) in [5, 5.41) is 3.39. The van der Waals surface area contributed by atoms with E-state index in [0.717, 1.165) is 25.7 Å². The Morgan fingerprint density at radius 2 is 1.83 bits per heavy atom. The number of ether oxygens (including phenoxy) is 1. The van der Waals surface area contributed by atoms with E-state index in [9.17, 15) is 4.79 Å². The van der Waals surface area contributed by atoms with Gasteiger partial charge >= 0.3 is 5.97 Å². The summed E-state index contributed by atoms with van der Waals surface area (Å²) in [5.74, 6) is 0.0151. The molecule has 5 heteroatoms. The van der Waals surface area contributed by atoms with E-state index in [1.807, 2.05) is 0 Å². The van der Waals surface area contributed by atoms with Gasteiger partial charge in [-0.1, -0.05) is 6.07 Å². The number of carbonyl (C=O) groups is 1. The van der Waals surface area contributed by atoms with Crippen LogP contribution in [0.2, 0.25) is 0 Å². The Bertz CT molecular complexity index is 754. The summed E-state index contributed by atoms with van der Waals surface area (Å²) in [4.78, 5) is 20.2. The molecular formula is C18H19N3O2. The van der Waals surface area contributed by atoms with Gasteiger partial charge in [-0.2, -0.15) is 0 Å². The molecule has 2 aromatic rings. The predicted octanol–water partition coefficient (Wildman–Crippen LogP) is 2.98. The van der Waals surface area contributed by atoms with E-state index in [1.165, 1.54) is 47.9 Å². The van der Waals surface area contributed by atoms with Gasteiger partial charge in [0.15, 0.2) is 5.69 Å². The van der Waals surface area contributed by atoms with Crippen molar-refractivity contribution in [1.29, 1.82) is 0 Å². The van der Waals surface area contributed by atoms with Crippen molar-refractivity contribution in [2.45, 2.75) is 38.5 Å². The molecule has 0 unspecified atom stereocenters. The number of aromatic nitrogens is 2. The van der Waals surface area contributed by atoms with Gasteiger partial charge in [0.05, 0.1) is 7.11 Å². The minimum atomic E-state index is -0.445. The van der Waals surface area contributed by atoms with Crippen molar-refractivity contribution >= 4 is 17.6 Å². The van der Waals surface area contributed by atoms with Crippen LogP contribution in [0.25, 0.3) is 0 Å². The van der Waals surface area contributed by atoms with E-state index in [-0.39, 0.29) is 5.69 Å². The Morgan fingerprint density at radius 3 is 2.48 bits per heavy atom. The molecule has 4 rings (SSSR count). The third-order valence-electron chi connectivity index (χ3n) is 4.76. The number of fused-ring (bicyclic) bond motifs is 2. The van der Waals surface area contributed by atoms with E-state index >= 15 is 0 Å². The Balaban J connectivity index is 1.74. The highest BCUT2D eigenvalue weighted by Gasteiger charge is 2.24. The van der Waals surface area contributed by atoms with Crippen LogP contribution < -0.4 is 5.32 Å². The number of aryl methyl sites for hydroxylation is 2. The summed E-state index contributed by atoms with van der Waals surface area (Å²) in [5.41, 5.74) is 7.16. The fourth-order valence-electron chi connectivity index (χ4n) is 3.72. The molecule has 0 spiro atoms. The van der Waals surface area contributed by atoms with E-state index in [0.29, 0.717) is 5.95 Å². The summed E-state index contributed by atoms with van der Waals surface area (Å²) in [6.45, 7) is 0. The summed E-state index contributed by atoms with van der Waals surface area (Å²) < 4.78 is 4.73.